The maximum atomic E-state index is 13.0. The number of hydrogen-bond donors (Lipinski definition) is 1. The molecular weight excluding hydrogens is 427 g/mol. The number of aromatic carboxylic acids is 1. The normalized spacial score (nSPS) is 18.6. The summed E-state index contributed by atoms with van der Waals surface area (Å²) in [5.74, 6) is -0.838. The van der Waals surface area contributed by atoms with Crippen LogP contribution in [0.5, 0.6) is 0 Å². The van der Waals surface area contributed by atoms with Crippen LogP contribution in [0.4, 0.5) is 0 Å². The monoisotopic (exact) mass is 453 g/mol. The average molecular weight is 454 g/mol. The second-order valence-corrected chi connectivity index (χ2v) is 7.45. The van der Waals surface area contributed by atoms with Gasteiger partial charge in [0.05, 0.1) is 0 Å². The zero-order valence-corrected chi connectivity index (χ0v) is 18.7. The van der Waals surface area contributed by atoms with Crippen molar-refractivity contribution in [2.75, 3.05) is 20.2 Å². The highest BCUT2D eigenvalue weighted by Crippen LogP contribution is 2.42. The molecule has 1 aliphatic rings. The summed E-state index contributed by atoms with van der Waals surface area (Å²) in [7, 11) is 1.87. The molecule has 0 radical (unpaired) electrons. The van der Waals surface area contributed by atoms with Gasteiger partial charge in [0.2, 0.25) is 0 Å². The predicted molar refractivity (Wildman–Crippen MR) is 116 cm³/mol. The second kappa shape index (κ2) is 11.4. The number of Topliss-reactive ketones (excluding diaryl/α,β-unsaturated/α-hetero) is 1. The number of halogens is 2. The Morgan fingerprint density at radius 2 is 1.97 bits per heavy atom. The van der Waals surface area contributed by atoms with E-state index in [9.17, 15) is 9.59 Å². The van der Waals surface area contributed by atoms with Gasteiger partial charge >= 0.3 is 5.97 Å². The minimum Gasteiger partial charge on any atom is -0.477 e. The molecule has 0 saturated heterocycles. The van der Waals surface area contributed by atoms with Crippen molar-refractivity contribution in [2.24, 2.45) is 0 Å². The van der Waals surface area contributed by atoms with Crippen LogP contribution >= 0.6 is 23.2 Å². The van der Waals surface area contributed by atoms with Crippen LogP contribution in [0.15, 0.2) is 48.8 Å². The molecule has 3 rings (SSSR count). The molecule has 1 unspecified atom stereocenters. The first-order chi connectivity index (χ1) is 14.4. The maximum absolute atomic E-state index is 13.0. The van der Waals surface area contributed by atoms with Gasteiger partial charge in [-0.05, 0) is 37.6 Å². The first-order valence-electron chi connectivity index (χ1n) is 9.62. The second-order valence-electron chi connectivity index (χ2n) is 7.04. The minimum absolute atomic E-state index is 0.151. The predicted octanol–water partition coefficient (Wildman–Crippen LogP) is 4.08. The van der Waals surface area contributed by atoms with Gasteiger partial charge in [0.1, 0.15) is 17.8 Å². The first-order valence-corrected chi connectivity index (χ1v) is 10.8. The third kappa shape index (κ3) is 5.38. The van der Waals surface area contributed by atoms with Crippen molar-refractivity contribution < 1.29 is 24.0 Å². The lowest BCUT2D eigenvalue weighted by atomic mass is 9.74. The van der Waals surface area contributed by atoms with Crippen molar-refractivity contribution in [3.8, 4) is 0 Å². The Bertz CT molecular complexity index is 878. The summed E-state index contributed by atoms with van der Waals surface area (Å²) in [4.78, 5) is 26.0. The van der Waals surface area contributed by atoms with Gasteiger partial charge in [-0.2, -0.15) is 4.57 Å². The lowest BCUT2D eigenvalue weighted by Gasteiger charge is -2.43. The zero-order chi connectivity index (χ0) is 22.1. The summed E-state index contributed by atoms with van der Waals surface area (Å²) >= 11 is 11.1. The summed E-state index contributed by atoms with van der Waals surface area (Å²) in [6, 6.07) is 10.7. The fourth-order valence-corrected chi connectivity index (χ4v) is 4.12. The van der Waals surface area contributed by atoms with Crippen molar-refractivity contribution in [1.82, 2.24) is 4.90 Å². The molecule has 1 heterocycles. The molecule has 30 heavy (non-hydrogen) atoms. The standard InChI is InChI=1S/C21H23ClN2O4.CH3Cl/c1-23(14-28-15-24-12-6-7-16(13-24)20(26)27)21(11-5-4-10-19(21)25)17-8-2-3-9-18(17)22;1-2/h2-3,6-9,12-13H,4-5,10-11,14-15H2,1H3;1H3/p+1. The highest BCUT2D eigenvalue weighted by molar-refractivity contribution is 6.31. The molecule has 1 aliphatic carbocycles. The van der Waals surface area contributed by atoms with Gasteiger partial charge in [-0.25, -0.2) is 4.79 Å². The summed E-state index contributed by atoms with van der Waals surface area (Å²) in [5, 5.41) is 9.67. The fraction of sp³-hybridized carbons (Fsp3) is 0.409. The number of carbonyl (C=O) groups excluding carboxylic acids is 1. The number of alkyl halides is 1. The number of carboxylic acid groups (broad SMARTS) is 1. The number of hydrogen-bond acceptors (Lipinski definition) is 4. The number of likely N-dealkylation sites (N-methyl/N-ethyl adjacent to an activating group) is 1. The molecular formula is C22H27Cl2N2O4+. The van der Waals surface area contributed by atoms with Gasteiger partial charge in [-0.15, -0.1) is 11.6 Å². The molecule has 1 aromatic carbocycles. The van der Waals surface area contributed by atoms with Crippen LogP contribution in [0.3, 0.4) is 0 Å². The molecule has 1 atom stereocenters. The lowest BCUT2D eigenvalue weighted by Crippen LogP contribution is -2.53. The van der Waals surface area contributed by atoms with Crippen LogP contribution in [0, 0.1) is 0 Å². The number of ketones is 1. The third-order valence-corrected chi connectivity index (χ3v) is 5.58. The quantitative estimate of drug-likeness (QED) is 0.388. The van der Waals surface area contributed by atoms with E-state index in [2.05, 4.69) is 11.6 Å². The molecule has 0 amide bonds. The molecule has 1 fully saturated rings. The van der Waals surface area contributed by atoms with E-state index in [1.807, 2.05) is 36.2 Å². The summed E-state index contributed by atoms with van der Waals surface area (Å²) < 4.78 is 7.46. The van der Waals surface area contributed by atoms with Crippen molar-refractivity contribution in [3.63, 3.8) is 0 Å². The van der Waals surface area contributed by atoms with Gasteiger partial charge in [0.25, 0.3) is 6.73 Å². The van der Waals surface area contributed by atoms with Gasteiger partial charge in [-0.1, -0.05) is 36.2 Å². The average Bonchev–Trinajstić information content (AvgIpc) is 2.76. The van der Waals surface area contributed by atoms with Crippen LogP contribution in [0.25, 0.3) is 0 Å². The molecule has 8 heteroatoms. The van der Waals surface area contributed by atoms with Crippen LogP contribution in [-0.4, -0.2) is 41.9 Å². The SMILES string of the molecule is CCl.CN(COC[n+]1cccc(C(=O)O)c1)C1(c2ccccc2Cl)CCCCC1=O. The van der Waals surface area contributed by atoms with Gasteiger partial charge in [0.15, 0.2) is 18.2 Å². The Balaban J connectivity index is 0.00000155. The summed E-state index contributed by atoms with van der Waals surface area (Å²) in [6.45, 7) is 0.388. The van der Waals surface area contributed by atoms with E-state index in [-0.39, 0.29) is 24.8 Å². The molecule has 0 bridgehead atoms. The number of carbonyl (C=O) groups is 2. The van der Waals surface area contributed by atoms with Gasteiger partial charge < -0.3 is 9.84 Å². The number of pyridine rings is 1. The van der Waals surface area contributed by atoms with E-state index in [1.54, 1.807) is 16.8 Å². The fourth-order valence-electron chi connectivity index (χ4n) is 3.83. The molecule has 162 valence electrons. The molecule has 1 aromatic heterocycles. The maximum Gasteiger partial charge on any atom is 0.341 e. The largest absolute Gasteiger partial charge is 0.477 e. The Kier molecular flexibility index (Phi) is 9.24. The van der Waals surface area contributed by atoms with Crippen molar-refractivity contribution in [3.05, 3.63) is 64.9 Å². The Morgan fingerprint density at radius 3 is 2.63 bits per heavy atom. The highest BCUT2D eigenvalue weighted by atomic mass is 35.5. The highest BCUT2D eigenvalue weighted by Gasteiger charge is 2.46. The van der Waals surface area contributed by atoms with E-state index in [4.69, 9.17) is 21.4 Å². The minimum atomic E-state index is -0.989. The Hall–Kier alpha value is -1.99. The van der Waals surface area contributed by atoms with E-state index in [1.165, 1.54) is 18.6 Å². The Labute approximate surface area is 187 Å². The molecule has 2 aromatic rings. The number of aromatic nitrogens is 1. The van der Waals surface area contributed by atoms with E-state index in [0.29, 0.717) is 17.9 Å². The molecule has 1 N–H and O–H groups in total. The molecule has 0 aliphatic heterocycles. The van der Waals surface area contributed by atoms with Gasteiger partial charge in [0, 0.05) is 23.9 Å². The molecule has 1 saturated carbocycles. The van der Waals surface area contributed by atoms with Crippen molar-refractivity contribution in [2.45, 2.75) is 38.0 Å². The van der Waals surface area contributed by atoms with Crippen LogP contribution < -0.4 is 4.57 Å². The molecule has 6 nitrogen and oxygen atoms in total. The summed E-state index contributed by atoms with van der Waals surface area (Å²) in [5.41, 5.74) is 0.201. The van der Waals surface area contributed by atoms with E-state index < -0.39 is 11.5 Å². The van der Waals surface area contributed by atoms with Crippen LogP contribution in [0.2, 0.25) is 5.02 Å². The van der Waals surface area contributed by atoms with Gasteiger partial charge in [-0.3, -0.25) is 9.69 Å². The van der Waals surface area contributed by atoms with Crippen LogP contribution in [0.1, 0.15) is 41.6 Å². The number of benzene rings is 1. The van der Waals surface area contributed by atoms with E-state index >= 15 is 0 Å². The van der Waals surface area contributed by atoms with Crippen LogP contribution in [-0.2, 0) is 21.8 Å². The molecule has 0 spiro atoms. The number of carboxylic acids is 1. The smallest absolute Gasteiger partial charge is 0.341 e. The number of ether oxygens (including phenoxy) is 1. The summed E-state index contributed by atoms with van der Waals surface area (Å²) in [6.07, 6.45) is 7.76. The topological polar surface area (TPSA) is 70.7 Å². The van der Waals surface area contributed by atoms with E-state index in [0.717, 1.165) is 18.4 Å². The lowest BCUT2D eigenvalue weighted by molar-refractivity contribution is -0.733. The van der Waals surface area contributed by atoms with Crippen molar-refractivity contribution >= 4 is 35.0 Å². The zero-order valence-electron chi connectivity index (χ0n) is 17.2. The van der Waals surface area contributed by atoms with Crippen molar-refractivity contribution in [1.29, 1.82) is 0 Å². The number of nitrogens with zero attached hydrogens (tertiary/aromatic N) is 2. The number of rotatable bonds is 7. The Morgan fingerprint density at radius 1 is 1.23 bits per heavy atom. The third-order valence-electron chi connectivity index (χ3n) is 5.26. The first kappa shape index (κ1) is 24.3.